The molecular weight excluding hydrogens is 364 g/mol. The van der Waals surface area contributed by atoms with Crippen LogP contribution in [0.4, 0.5) is 4.79 Å². The van der Waals surface area contributed by atoms with Gasteiger partial charge in [-0.05, 0) is 48.9 Å². The van der Waals surface area contributed by atoms with Crippen LogP contribution in [-0.4, -0.2) is 35.0 Å². The second-order valence-corrected chi connectivity index (χ2v) is 7.15. The van der Waals surface area contributed by atoms with Crippen molar-refractivity contribution in [2.45, 2.75) is 32.3 Å². The van der Waals surface area contributed by atoms with Crippen molar-refractivity contribution in [3.8, 4) is 0 Å². The van der Waals surface area contributed by atoms with Gasteiger partial charge in [-0.3, -0.25) is 0 Å². The van der Waals surface area contributed by atoms with Crippen molar-refractivity contribution in [1.29, 1.82) is 0 Å². The van der Waals surface area contributed by atoms with E-state index in [4.69, 9.17) is 21.5 Å². The fourth-order valence-corrected chi connectivity index (χ4v) is 3.61. The number of rotatable bonds is 4. The van der Waals surface area contributed by atoms with Crippen LogP contribution in [0.15, 0.2) is 53.7 Å². The fraction of sp³-hybridized carbons (Fsp3) is 0.333. The summed E-state index contributed by atoms with van der Waals surface area (Å²) in [6, 6.07) is 15.3. The molecule has 0 bridgehead atoms. The molecule has 1 aliphatic heterocycles. The van der Waals surface area contributed by atoms with E-state index in [2.05, 4.69) is 5.16 Å². The van der Waals surface area contributed by atoms with Crippen LogP contribution in [0.2, 0.25) is 5.02 Å². The van der Waals surface area contributed by atoms with E-state index in [0.29, 0.717) is 23.8 Å². The van der Waals surface area contributed by atoms with E-state index in [-0.39, 0.29) is 18.6 Å². The minimum Gasteiger partial charge on any atom is -0.445 e. The number of amides is 1. The highest BCUT2D eigenvalue weighted by Gasteiger charge is 2.26. The number of halogens is 1. The van der Waals surface area contributed by atoms with E-state index < -0.39 is 0 Å². The van der Waals surface area contributed by atoms with Crippen LogP contribution in [0.3, 0.4) is 0 Å². The molecule has 0 aliphatic carbocycles. The van der Waals surface area contributed by atoms with Crippen LogP contribution in [0.25, 0.3) is 0 Å². The van der Waals surface area contributed by atoms with Crippen LogP contribution in [0.1, 0.15) is 42.4 Å². The molecule has 5 nitrogen and oxygen atoms in total. The second kappa shape index (κ2) is 8.91. The smallest absolute Gasteiger partial charge is 0.410 e. The molecule has 142 valence electrons. The predicted octanol–water partition coefficient (Wildman–Crippen LogP) is 5.05. The Morgan fingerprint density at radius 3 is 2.59 bits per heavy atom. The average Bonchev–Trinajstić information content (AvgIpc) is 2.72. The lowest BCUT2D eigenvalue weighted by Crippen LogP contribution is -2.38. The quantitative estimate of drug-likeness (QED) is 0.454. The summed E-state index contributed by atoms with van der Waals surface area (Å²) in [5.74, 6) is 0.284. The Morgan fingerprint density at radius 2 is 1.93 bits per heavy atom. The highest BCUT2D eigenvalue weighted by molar-refractivity contribution is 6.31. The molecule has 0 spiro atoms. The standard InChI is InChI=1S/C21H23ClN2O3/c1-15(23-26)20-13-18(22)7-8-19(20)17-9-11-24(12-10-17)21(25)27-14-16-5-3-2-4-6-16/h2-8,13,17,26H,9-12,14H2,1H3/b23-15+. The van der Waals surface area contributed by atoms with Gasteiger partial charge in [0.25, 0.3) is 0 Å². The molecule has 0 radical (unpaired) electrons. The molecule has 3 rings (SSSR count). The molecule has 1 heterocycles. The van der Waals surface area contributed by atoms with Crippen molar-refractivity contribution in [3.63, 3.8) is 0 Å². The van der Waals surface area contributed by atoms with E-state index in [1.807, 2.05) is 48.5 Å². The summed E-state index contributed by atoms with van der Waals surface area (Å²) in [7, 11) is 0. The summed E-state index contributed by atoms with van der Waals surface area (Å²) < 4.78 is 5.42. The number of hydrogen-bond acceptors (Lipinski definition) is 4. The Bertz CT molecular complexity index is 815. The molecule has 0 saturated carbocycles. The van der Waals surface area contributed by atoms with Gasteiger partial charge in [0.15, 0.2) is 0 Å². The molecule has 27 heavy (non-hydrogen) atoms. The highest BCUT2D eigenvalue weighted by atomic mass is 35.5. The molecule has 0 atom stereocenters. The van der Waals surface area contributed by atoms with E-state index in [0.717, 1.165) is 29.5 Å². The summed E-state index contributed by atoms with van der Waals surface area (Å²) in [6.45, 7) is 3.31. The number of oxime groups is 1. The van der Waals surface area contributed by atoms with Gasteiger partial charge in [0, 0.05) is 23.7 Å². The maximum absolute atomic E-state index is 12.3. The maximum Gasteiger partial charge on any atom is 0.410 e. The van der Waals surface area contributed by atoms with Crippen molar-refractivity contribution in [2.75, 3.05) is 13.1 Å². The molecule has 2 aromatic rings. The van der Waals surface area contributed by atoms with Gasteiger partial charge in [0.1, 0.15) is 6.61 Å². The molecule has 1 fully saturated rings. The third-order valence-electron chi connectivity index (χ3n) is 4.95. The summed E-state index contributed by atoms with van der Waals surface area (Å²) in [5.41, 5.74) is 3.48. The first kappa shape index (κ1) is 19.2. The normalized spacial score (nSPS) is 15.6. The van der Waals surface area contributed by atoms with Crippen molar-refractivity contribution >= 4 is 23.4 Å². The van der Waals surface area contributed by atoms with Crippen molar-refractivity contribution in [2.24, 2.45) is 5.16 Å². The number of carbonyl (C=O) groups is 1. The Kier molecular flexibility index (Phi) is 6.35. The number of nitrogens with zero attached hydrogens (tertiary/aromatic N) is 2. The Labute approximate surface area is 164 Å². The van der Waals surface area contributed by atoms with Crippen molar-refractivity contribution in [1.82, 2.24) is 4.90 Å². The zero-order chi connectivity index (χ0) is 19.2. The molecule has 1 amide bonds. The second-order valence-electron chi connectivity index (χ2n) is 6.72. The predicted molar refractivity (Wildman–Crippen MR) is 106 cm³/mol. The first-order valence-electron chi connectivity index (χ1n) is 9.02. The van der Waals surface area contributed by atoms with Gasteiger partial charge in [-0.15, -0.1) is 0 Å². The molecule has 1 saturated heterocycles. The minimum atomic E-state index is -0.276. The first-order valence-corrected chi connectivity index (χ1v) is 9.40. The fourth-order valence-electron chi connectivity index (χ4n) is 3.44. The van der Waals surface area contributed by atoms with Crippen LogP contribution < -0.4 is 0 Å². The van der Waals surface area contributed by atoms with Crippen molar-refractivity contribution < 1.29 is 14.7 Å². The van der Waals surface area contributed by atoms with Gasteiger partial charge >= 0.3 is 6.09 Å². The van der Waals surface area contributed by atoms with Gasteiger partial charge in [-0.1, -0.05) is 53.2 Å². The molecule has 1 N–H and O–H groups in total. The van der Waals surface area contributed by atoms with Crippen LogP contribution in [-0.2, 0) is 11.3 Å². The van der Waals surface area contributed by atoms with E-state index in [1.165, 1.54) is 0 Å². The number of benzene rings is 2. The summed E-state index contributed by atoms with van der Waals surface area (Å²) in [4.78, 5) is 14.1. The number of carbonyl (C=O) groups excluding carboxylic acids is 1. The Morgan fingerprint density at radius 1 is 1.22 bits per heavy atom. The largest absolute Gasteiger partial charge is 0.445 e. The van der Waals surface area contributed by atoms with Gasteiger partial charge in [-0.25, -0.2) is 4.79 Å². The van der Waals surface area contributed by atoms with E-state index in [9.17, 15) is 4.79 Å². The zero-order valence-corrected chi connectivity index (χ0v) is 16.0. The number of piperidine rings is 1. The molecule has 1 aliphatic rings. The van der Waals surface area contributed by atoms with Gasteiger partial charge in [0.2, 0.25) is 0 Å². The number of ether oxygens (including phenoxy) is 1. The Hall–Kier alpha value is -2.53. The van der Waals surface area contributed by atoms with Gasteiger partial charge < -0.3 is 14.8 Å². The minimum absolute atomic E-state index is 0.276. The lowest BCUT2D eigenvalue weighted by molar-refractivity contribution is 0.0870. The molecule has 0 unspecified atom stereocenters. The Balaban J connectivity index is 1.60. The molecular formula is C21H23ClN2O3. The average molecular weight is 387 g/mol. The molecule has 0 aromatic heterocycles. The lowest BCUT2D eigenvalue weighted by Gasteiger charge is -2.32. The number of likely N-dealkylation sites (tertiary alicyclic amines) is 1. The van der Waals surface area contributed by atoms with Crippen LogP contribution >= 0.6 is 11.6 Å². The van der Waals surface area contributed by atoms with Gasteiger partial charge in [0.05, 0.1) is 5.71 Å². The first-order chi connectivity index (χ1) is 13.1. The van der Waals surface area contributed by atoms with Crippen molar-refractivity contribution in [3.05, 3.63) is 70.2 Å². The molecule has 6 heteroatoms. The summed E-state index contributed by atoms with van der Waals surface area (Å²) in [5, 5.41) is 13.1. The van der Waals surface area contributed by atoms with Gasteiger partial charge in [-0.2, -0.15) is 0 Å². The summed E-state index contributed by atoms with van der Waals surface area (Å²) in [6.07, 6.45) is 1.38. The zero-order valence-electron chi connectivity index (χ0n) is 15.3. The van der Waals surface area contributed by atoms with Crippen LogP contribution in [0, 0.1) is 0 Å². The topological polar surface area (TPSA) is 62.1 Å². The summed E-state index contributed by atoms with van der Waals surface area (Å²) >= 11 is 6.10. The monoisotopic (exact) mass is 386 g/mol. The number of hydrogen-bond donors (Lipinski definition) is 1. The maximum atomic E-state index is 12.3. The highest BCUT2D eigenvalue weighted by Crippen LogP contribution is 2.32. The third-order valence-corrected chi connectivity index (χ3v) is 5.19. The van der Waals surface area contributed by atoms with E-state index >= 15 is 0 Å². The third kappa shape index (κ3) is 4.80. The molecule has 2 aromatic carbocycles. The SMILES string of the molecule is C/C(=N\O)c1cc(Cl)ccc1C1CCN(C(=O)OCc2ccccc2)CC1. The lowest BCUT2D eigenvalue weighted by atomic mass is 9.85. The van der Waals surface area contributed by atoms with Crippen LogP contribution in [0.5, 0.6) is 0 Å². The van der Waals surface area contributed by atoms with E-state index in [1.54, 1.807) is 11.8 Å².